The summed E-state index contributed by atoms with van der Waals surface area (Å²) in [5, 5.41) is 15.7. The highest BCUT2D eigenvalue weighted by atomic mass is 19.2. The van der Waals surface area contributed by atoms with Crippen LogP contribution in [-0.2, 0) is 4.74 Å². The summed E-state index contributed by atoms with van der Waals surface area (Å²) in [7, 11) is 1.92. The standard InChI is InChI=1S/C32H37F3N4O4.C3H8/c1-20-28(25(33)16-26(34)29(20)35)27-15-21(17-36-39(27)24-7-5-4-6-8-24)18-37(3)14-13-32(2)19-38(31(42)43-32)23-11-9-22(10-12-23)30(40)41;1-3-2/h9-12,15-17,24,27H,4-8,13-14,18-19H2,1-3H3,(H,40,41);3H2,1-2H3. The maximum atomic E-state index is 15.2. The summed E-state index contributed by atoms with van der Waals surface area (Å²) in [5.41, 5.74) is 0.789. The molecule has 1 N–H and O–H groups in total. The fraction of sp³-hybridized carbons (Fsp3) is 0.514. The molecule has 1 amide bonds. The zero-order valence-corrected chi connectivity index (χ0v) is 27.4. The zero-order chi connectivity index (χ0) is 33.6. The quantitative estimate of drug-likeness (QED) is 0.280. The number of hydrogen-bond acceptors (Lipinski definition) is 6. The second-order valence-electron chi connectivity index (χ2n) is 12.7. The smallest absolute Gasteiger partial charge is 0.415 e. The number of nitrogens with zero attached hydrogens (tertiary/aromatic N) is 4. The topological polar surface area (TPSA) is 85.7 Å². The highest BCUT2D eigenvalue weighted by molar-refractivity contribution is 5.92. The highest BCUT2D eigenvalue weighted by Crippen LogP contribution is 2.38. The largest absolute Gasteiger partial charge is 0.478 e. The van der Waals surface area contributed by atoms with Gasteiger partial charge in [-0.25, -0.2) is 22.8 Å². The van der Waals surface area contributed by atoms with Crippen LogP contribution in [0, 0.1) is 24.4 Å². The number of hydrazone groups is 1. The summed E-state index contributed by atoms with van der Waals surface area (Å²) in [5.74, 6) is -4.09. The Labute approximate surface area is 269 Å². The number of benzene rings is 2. The van der Waals surface area contributed by atoms with Crippen molar-refractivity contribution in [2.75, 3.05) is 31.6 Å². The van der Waals surface area contributed by atoms with Gasteiger partial charge in [0.15, 0.2) is 11.6 Å². The summed E-state index contributed by atoms with van der Waals surface area (Å²) in [4.78, 5) is 27.4. The molecule has 5 rings (SSSR count). The van der Waals surface area contributed by atoms with Crippen LogP contribution in [0.2, 0.25) is 0 Å². The number of carbonyl (C=O) groups is 2. The van der Waals surface area contributed by atoms with E-state index in [4.69, 9.17) is 14.9 Å². The molecule has 1 aliphatic carbocycles. The summed E-state index contributed by atoms with van der Waals surface area (Å²) in [6.07, 6.45) is 9.94. The molecule has 11 heteroatoms. The van der Waals surface area contributed by atoms with Crippen LogP contribution in [0.25, 0.3) is 0 Å². The first kappa shape index (κ1) is 35.0. The number of aromatic carboxylic acids is 1. The van der Waals surface area contributed by atoms with Crippen molar-refractivity contribution in [3.8, 4) is 0 Å². The minimum Gasteiger partial charge on any atom is -0.478 e. The van der Waals surface area contributed by atoms with E-state index in [1.807, 2.05) is 30.0 Å². The lowest BCUT2D eigenvalue weighted by Gasteiger charge is -2.39. The Balaban J connectivity index is 0.00000154. The lowest BCUT2D eigenvalue weighted by molar-refractivity contribution is 0.0580. The third kappa shape index (κ3) is 8.10. The van der Waals surface area contributed by atoms with Crippen molar-refractivity contribution in [3.05, 3.63) is 76.1 Å². The molecule has 2 aromatic carbocycles. The predicted molar refractivity (Wildman–Crippen MR) is 173 cm³/mol. The van der Waals surface area contributed by atoms with E-state index in [1.165, 1.54) is 30.4 Å². The molecule has 3 aliphatic rings. The minimum absolute atomic E-state index is 0.0532. The molecule has 2 aromatic rings. The van der Waals surface area contributed by atoms with Crippen LogP contribution in [0.1, 0.15) is 93.2 Å². The lowest BCUT2D eigenvalue weighted by Crippen LogP contribution is -2.39. The Morgan fingerprint density at radius 3 is 2.39 bits per heavy atom. The zero-order valence-electron chi connectivity index (χ0n) is 27.4. The molecule has 1 saturated carbocycles. The predicted octanol–water partition coefficient (Wildman–Crippen LogP) is 7.87. The van der Waals surface area contributed by atoms with Gasteiger partial charge in [0.2, 0.25) is 0 Å². The molecule has 0 bridgehead atoms. The molecule has 1 saturated heterocycles. The number of amides is 1. The maximum absolute atomic E-state index is 15.2. The van der Waals surface area contributed by atoms with Crippen LogP contribution in [0.5, 0.6) is 0 Å². The van der Waals surface area contributed by atoms with Gasteiger partial charge in [0.05, 0.1) is 24.4 Å². The Bertz CT molecular complexity index is 1460. The van der Waals surface area contributed by atoms with E-state index in [1.54, 1.807) is 18.3 Å². The Kier molecular flexibility index (Phi) is 11.5. The summed E-state index contributed by atoms with van der Waals surface area (Å²) >= 11 is 0. The van der Waals surface area contributed by atoms with Gasteiger partial charge in [0.1, 0.15) is 11.4 Å². The maximum Gasteiger partial charge on any atom is 0.415 e. The fourth-order valence-corrected chi connectivity index (χ4v) is 6.23. The second-order valence-corrected chi connectivity index (χ2v) is 12.7. The van der Waals surface area contributed by atoms with Gasteiger partial charge in [-0.15, -0.1) is 0 Å². The van der Waals surface area contributed by atoms with Gasteiger partial charge >= 0.3 is 12.1 Å². The average Bonchev–Trinajstić information content (AvgIpc) is 3.34. The molecule has 0 aromatic heterocycles. The molecule has 2 unspecified atom stereocenters. The van der Waals surface area contributed by atoms with Gasteiger partial charge in [-0.2, -0.15) is 5.10 Å². The van der Waals surface area contributed by atoms with Crippen LogP contribution in [0.15, 0.2) is 47.1 Å². The number of hydrogen-bond donors (Lipinski definition) is 1. The van der Waals surface area contributed by atoms with E-state index in [0.717, 1.165) is 37.7 Å². The minimum atomic E-state index is -1.21. The Morgan fingerprint density at radius 2 is 1.76 bits per heavy atom. The summed E-state index contributed by atoms with van der Waals surface area (Å²) < 4.78 is 49.5. The molecular weight excluding hydrogens is 597 g/mol. The number of halogens is 3. The molecule has 2 aliphatic heterocycles. The number of carbonyl (C=O) groups excluding carboxylic acids is 1. The van der Waals surface area contributed by atoms with Crippen molar-refractivity contribution < 1.29 is 32.6 Å². The van der Waals surface area contributed by atoms with Gasteiger partial charge < -0.3 is 14.7 Å². The summed E-state index contributed by atoms with van der Waals surface area (Å²) in [6, 6.07) is 6.10. The van der Waals surface area contributed by atoms with Crippen LogP contribution >= 0.6 is 0 Å². The summed E-state index contributed by atoms with van der Waals surface area (Å²) in [6.45, 7) is 8.85. The van der Waals surface area contributed by atoms with Gasteiger partial charge in [0, 0.05) is 42.9 Å². The fourth-order valence-electron chi connectivity index (χ4n) is 6.23. The molecule has 2 heterocycles. The van der Waals surface area contributed by atoms with Crippen LogP contribution in [0.3, 0.4) is 0 Å². The number of rotatable bonds is 9. The first-order valence-electron chi connectivity index (χ1n) is 16.1. The van der Waals surface area contributed by atoms with Crippen molar-refractivity contribution in [1.29, 1.82) is 0 Å². The average molecular weight is 643 g/mol. The number of anilines is 1. The third-order valence-corrected chi connectivity index (χ3v) is 8.66. The molecule has 0 spiro atoms. The van der Waals surface area contributed by atoms with E-state index in [-0.39, 0.29) is 22.7 Å². The van der Waals surface area contributed by atoms with E-state index >= 15 is 4.39 Å². The van der Waals surface area contributed by atoms with E-state index < -0.39 is 41.2 Å². The number of cyclic esters (lactones) is 1. The van der Waals surface area contributed by atoms with Crippen LogP contribution in [-0.4, -0.2) is 71.6 Å². The van der Waals surface area contributed by atoms with Gasteiger partial charge in [-0.1, -0.05) is 39.5 Å². The Morgan fingerprint density at radius 1 is 1.11 bits per heavy atom. The van der Waals surface area contributed by atoms with Gasteiger partial charge in [-0.3, -0.25) is 9.91 Å². The van der Waals surface area contributed by atoms with Crippen molar-refractivity contribution in [2.24, 2.45) is 5.10 Å². The van der Waals surface area contributed by atoms with Crippen molar-refractivity contribution in [2.45, 2.75) is 90.3 Å². The molecule has 2 fully saturated rings. The monoisotopic (exact) mass is 642 g/mol. The van der Waals surface area contributed by atoms with Gasteiger partial charge in [0.25, 0.3) is 0 Å². The van der Waals surface area contributed by atoms with Crippen LogP contribution < -0.4 is 4.90 Å². The lowest BCUT2D eigenvalue weighted by atomic mass is 9.90. The van der Waals surface area contributed by atoms with Crippen molar-refractivity contribution in [3.63, 3.8) is 0 Å². The van der Waals surface area contributed by atoms with Crippen LogP contribution in [0.4, 0.5) is 23.7 Å². The molecule has 0 radical (unpaired) electrons. The van der Waals surface area contributed by atoms with Crippen molar-refractivity contribution >= 4 is 24.0 Å². The van der Waals surface area contributed by atoms with E-state index in [9.17, 15) is 18.4 Å². The molecular formula is C35H45F3N4O4. The Hall–Kier alpha value is -3.86. The SMILES string of the molecule is CCC.Cc1c(F)c(F)cc(F)c1C1C=C(CN(C)CCC2(C)CN(c3ccc(C(=O)O)cc3)C(=O)O2)C=NN1C1CCCCC1. The number of ether oxygens (including phenoxy) is 1. The second kappa shape index (κ2) is 15.2. The molecule has 8 nitrogen and oxygen atoms in total. The van der Waals surface area contributed by atoms with Crippen molar-refractivity contribution in [1.82, 2.24) is 9.91 Å². The molecule has 46 heavy (non-hydrogen) atoms. The third-order valence-electron chi connectivity index (χ3n) is 8.66. The first-order chi connectivity index (χ1) is 21.9. The molecule has 2 atom stereocenters. The number of carboxylic acids is 1. The highest BCUT2D eigenvalue weighted by Gasteiger charge is 2.42. The normalized spacial score (nSPS) is 21.6. The first-order valence-corrected chi connectivity index (χ1v) is 16.1. The number of likely N-dealkylation sites (N-methyl/N-ethyl adjacent to an activating group) is 1. The van der Waals surface area contributed by atoms with Gasteiger partial charge in [-0.05, 0) is 75.2 Å². The van der Waals surface area contributed by atoms with E-state index in [0.29, 0.717) is 37.8 Å². The molecule has 250 valence electrons. The number of carboxylic acid groups (broad SMARTS) is 1. The van der Waals surface area contributed by atoms with E-state index in [2.05, 4.69) is 13.8 Å².